The topological polar surface area (TPSA) is 46.1 Å². The number of nitrogens with zero attached hydrogens (tertiary/aromatic N) is 1. The predicted octanol–water partition coefficient (Wildman–Crippen LogP) is 5.94. The second-order valence-corrected chi connectivity index (χ2v) is 8.62. The van der Waals surface area contributed by atoms with Crippen LogP contribution >= 0.6 is 0 Å². The van der Waals surface area contributed by atoms with Crippen molar-refractivity contribution in [3.05, 3.63) is 65.4 Å². The normalized spacial score (nSPS) is 15.4. The number of hydrogen-bond donors (Lipinski definition) is 2. The van der Waals surface area contributed by atoms with E-state index in [1.54, 1.807) is 0 Å². The number of aryl methyl sites for hydroxylation is 3. The average Bonchev–Trinajstić information content (AvgIpc) is 3.38. The number of para-hydroxylation sites is 2. The Morgan fingerprint density at radius 3 is 2.33 bits per heavy atom. The lowest BCUT2D eigenvalue weighted by Gasteiger charge is -2.29. The van der Waals surface area contributed by atoms with Gasteiger partial charge in [0.1, 0.15) is 0 Å². The lowest BCUT2D eigenvalue weighted by atomic mass is 9.78. The van der Waals surface area contributed by atoms with Crippen molar-refractivity contribution in [2.45, 2.75) is 57.8 Å². The van der Waals surface area contributed by atoms with Crippen LogP contribution in [0.2, 0.25) is 0 Å². The highest BCUT2D eigenvalue weighted by atomic mass is 16.2. The van der Waals surface area contributed by atoms with Crippen LogP contribution in [-0.2, 0) is 25.3 Å². The molecule has 1 aliphatic rings. The van der Waals surface area contributed by atoms with Crippen LogP contribution < -0.4 is 10.6 Å². The van der Waals surface area contributed by atoms with Crippen LogP contribution in [0.4, 0.5) is 10.5 Å². The second-order valence-electron chi connectivity index (χ2n) is 8.62. The number of benzene rings is 2. The molecule has 4 nitrogen and oxygen atoms in total. The van der Waals surface area contributed by atoms with Gasteiger partial charge in [-0.2, -0.15) is 0 Å². The van der Waals surface area contributed by atoms with E-state index < -0.39 is 0 Å². The van der Waals surface area contributed by atoms with Crippen molar-refractivity contribution in [3.63, 3.8) is 0 Å². The molecule has 3 aromatic rings. The Kier molecular flexibility index (Phi) is 5.85. The molecule has 1 aliphatic carbocycles. The van der Waals surface area contributed by atoms with E-state index in [1.807, 2.05) is 0 Å². The van der Waals surface area contributed by atoms with E-state index in [1.165, 1.54) is 40.4 Å². The van der Waals surface area contributed by atoms with Gasteiger partial charge in [0.25, 0.3) is 0 Å². The van der Waals surface area contributed by atoms with E-state index in [9.17, 15) is 4.79 Å². The summed E-state index contributed by atoms with van der Waals surface area (Å²) in [6.45, 7) is 4.93. The molecule has 4 heteroatoms. The molecule has 30 heavy (non-hydrogen) atoms. The summed E-state index contributed by atoms with van der Waals surface area (Å²) in [5, 5.41) is 7.70. The van der Waals surface area contributed by atoms with Gasteiger partial charge in [-0.1, -0.05) is 63.1 Å². The predicted molar refractivity (Wildman–Crippen MR) is 125 cm³/mol. The Labute approximate surface area is 179 Å². The number of aromatic nitrogens is 1. The zero-order valence-electron chi connectivity index (χ0n) is 18.4. The molecule has 0 bridgehead atoms. The molecule has 1 saturated carbocycles. The van der Waals surface area contributed by atoms with E-state index >= 15 is 0 Å². The maximum absolute atomic E-state index is 12.9. The first-order valence-electron chi connectivity index (χ1n) is 11.3. The molecule has 2 aromatic carbocycles. The van der Waals surface area contributed by atoms with Gasteiger partial charge in [-0.15, -0.1) is 0 Å². The molecule has 1 heterocycles. The SMILES string of the molecule is CCc1cccc(CC)c1NC(=O)NCC1(c2cn(C)c3ccccc23)CCCC1. The van der Waals surface area contributed by atoms with Crippen molar-refractivity contribution < 1.29 is 4.79 Å². The fourth-order valence-corrected chi connectivity index (χ4v) is 5.17. The van der Waals surface area contributed by atoms with Gasteiger partial charge in [-0.3, -0.25) is 0 Å². The molecule has 2 amide bonds. The molecule has 1 aromatic heterocycles. The van der Waals surface area contributed by atoms with Gasteiger partial charge in [-0.25, -0.2) is 4.79 Å². The monoisotopic (exact) mass is 403 g/mol. The third-order valence-electron chi connectivity index (χ3n) is 6.85. The van der Waals surface area contributed by atoms with E-state index in [-0.39, 0.29) is 11.4 Å². The zero-order chi connectivity index (χ0) is 21.1. The third-order valence-corrected chi connectivity index (χ3v) is 6.85. The van der Waals surface area contributed by atoms with Crippen molar-refractivity contribution in [1.82, 2.24) is 9.88 Å². The fourth-order valence-electron chi connectivity index (χ4n) is 5.17. The highest BCUT2D eigenvalue weighted by molar-refractivity contribution is 5.91. The van der Waals surface area contributed by atoms with Crippen LogP contribution in [0.5, 0.6) is 0 Å². The number of fused-ring (bicyclic) bond motifs is 1. The summed E-state index contributed by atoms with van der Waals surface area (Å²) in [6, 6.07) is 14.8. The minimum Gasteiger partial charge on any atom is -0.350 e. The molecular weight excluding hydrogens is 370 g/mol. The highest BCUT2D eigenvalue weighted by Crippen LogP contribution is 2.44. The second kappa shape index (κ2) is 8.55. The van der Waals surface area contributed by atoms with Crippen LogP contribution in [0.15, 0.2) is 48.7 Å². The molecule has 0 saturated heterocycles. The van der Waals surface area contributed by atoms with Crippen molar-refractivity contribution in [1.29, 1.82) is 0 Å². The first-order chi connectivity index (χ1) is 14.6. The number of anilines is 1. The molecule has 158 valence electrons. The largest absolute Gasteiger partial charge is 0.350 e. The highest BCUT2D eigenvalue weighted by Gasteiger charge is 2.38. The van der Waals surface area contributed by atoms with Crippen LogP contribution in [-0.4, -0.2) is 17.1 Å². The maximum Gasteiger partial charge on any atom is 0.319 e. The standard InChI is InChI=1S/C26H33N3O/c1-4-19-11-10-12-20(5-2)24(19)28-25(30)27-18-26(15-8-9-16-26)22-17-29(3)23-14-7-6-13-21(22)23/h6-7,10-14,17H,4-5,8-9,15-16,18H2,1-3H3,(H2,27,28,30). The van der Waals surface area contributed by atoms with Crippen molar-refractivity contribution in [3.8, 4) is 0 Å². The molecule has 0 radical (unpaired) electrons. The number of nitrogens with one attached hydrogen (secondary N) is 2. The Hall–Kier alpha value is -2.75. The molecule has 0 aliphatic heterocycles. The molecule has 4 rings (SSSR count). The minimum atomic E-state index is -0.0999. The Morgan fingerprint density at radius 2 is 1.67 bits per heavy atom. The van der Waals surface area contributed by atoms with Crippen LogP contribution in [0.1, 0.15) is 56.2 Å². The maximum atomic E-state index is 12.9. The van der Waals surface area contributed by atoms with Gasteiger partial charge < -0.3 is 15.2 Å². The van der Waals surface area contributed by atoms with Crippen LogP contribution in [0, 0.1) is 0 Å². The van der Waals surface area contributed by atoms with Crippen molar-refractivity contribution >= 4 is 22.6 Å². The van der Waals surface area contributed by atoms with Crippen LogP contribution in [0.3, 0.4) is 0 Å². The van der Waals surface area contributed by atoms with E-state index in [0.717, 1.165) is 31.4 Å². The van der Waals surface area contributed by atoms with Crippen molar-refractivity contribution in [2.24, 2.45) is 7.05 Å². The number of hydrogen-bond acceptors (Lipinski definition) is 1. The van der Waals surface area contributed by atoms with Gasteiger partial charge in [0, 0.05) is 41.8 Å². The van der Waals surface area contributed by atoms with E-state index in [4.69, 9.17) is 0 Å². The molecule has 0 spiro atoms. The number of carbonyl (C=O) groups is 1. The number of urea groups is 1. The summed E-state index contributed by atoms with van der Waals surface area (Å²) < 4.78 is 2.22. The summed E-state index contributed by atoms with van der Waals surface area (Å²) in [6.07, 6.45) is 8.75. The Morgan fingerprint density at radius 1 is 1.00 bits per heavy atom. The molecule has 0 unspecified atom stereocenters. The van der Waals surface area contributed by atoms with E-state index in [0.29, 0.717) is 6.54 Å². The Bertz CT molecular complexity index is 1020. The third kappa shape index (κ3) is 3.71. The summed E-state index contributed by atoms with van der Waals surface area (Å²) in [7, 11) is 2.11. The number of rotatable bonds is 6. The van der Waals surface area contributed by atoms with E-state index in [2.05, 4.69) is 84.8 Å². The Balaban J connectivity index is 1.56. The quantitative estimate of drug-likeness (QED) is 0.526. The minimum absolute atomic E-state index is 0.00998. The first kappa shape index (κ1) is 20.5. The molecule has 1 fully saturated rings. The number of amides is 2. The lowest BCUT2D eigenvalue weighted by molar-refractivity contribution is 0.248. The first-order valence-corrected chi connectivity index (χ1v) is 11.3. The zero-order valence-corrected chi connectivity index (χ0v) is 18.4. The van der Waals surface area contributed by atoms with Gasteiger partial charge in [-0.05, 0) is 48.4 Å². The van der Waals surface area contributed by atoms with Gasteiger partial charge in [0.2, 0.25) is 0 Å². The van der Waals surface area contributed by atoms with Crippen LogP contribution in [0.25, 0.3) is 10.9 Å². The number of carbonyl (C=O) groups excluding carboxylic acids is 1. The lowest BCUT2D eigenvalue weighted by Crippen LogP contribution is -2.41. The molecule has 2 N–H and O–H groups in total. The average molecular weight is 404 g/mol. The molecule has 0 atom stereocenters. The van der Waals surface area contributed by atoms with Gasteiger partial charge >= 0.3 is 6.03 Å². The van der Waals surface area contributed by atoms with Crippen molar-refractivity contribution in [2.75, 3.05) is 11.9 Å². The smallest absolute Gasteiger partial charge is 0.319 e. The molecular formula is C26H33N3O. The fraction of sp³-hybridized carbons (Fsp3) is 0.423. The summed E-state index contributed by atoms with van der Waals surface area (Å²) in [5.41, 5.74) is 6.00. The van der Waals surface area contributed by atoms with Gasteiger partial charge in [0.05, 0.1) is 0 Å². The summed E-state index contributed by atoms with van der Waals surface area (Å²) in [5.74, 6) is 0. The summed E-state index contributed by atoms with van der Waals surface area (Å²) >= 11 is 0. The summed E-state index contributed by atoms with van der Waals surface area (Å²) in [4.78, 5) is 12.9. The van der Waals surface area contributed by atoms with Gasteiger partial charge in [0.15, 0.2) is 0 Å².